The maximum absolute atomic E-state index is 14.3. The number of amides is 1. The van der Waals surface area contributed by atoms with Crippen molar-refractivity contribution in [3.63, 3.8) is 0 Å². The number of carbonyl (C=O) groups excluding carboxylic acids is 2. The van der Waals surface area contributed by atoms with Crippen LogP contribution >= 0.6 is 15.9 Å². The van der Waals surface area contributed by atoms with Gasteiger partial charge in [-0.1, -0.05) is 102 Å². The van der Waals surface area contributed by atoms with Crippen molar-refractivity contribution in [3.8, 4) is 0 Å². The predicted molar refractivity (Wildman–Crippen MR) is 167 cm³/mol. The molecule has 4 atom stereocenters. The number of carboxylic acid groups (broad SMARTS) is 2. The molecule has 0 bridgehead atoms. The summed E-state index contributed by atoms with van der Waals surface area (Å²) >= 11 is 3.42. The molecule has 0 aromatic heterocycles. The SMILES string of the molecule is O=C(O)CC[C@H](CCC(c1ccccc1)c1ccccc1)C(=O)C(NC(=O)[C@@H]1CCCC[C@H]1C(=O)O)c1ccc(Br)cc1. The Balaban J connectivity index is 1.63. The lowest BCUT2D eigenvalue weighted by molar-refractivity contribution is -0.149. The Bertz CT molecular complexity index is 1340. The molecule has 43 heavy (non-hydrogen) atoms. The molecule has 0 aliphatic heterocycles. The number of rotatable bonds is 14. The third-order valence-corrected chi connectivity index (χ3v) is 9.04. The summed E-state index contributed by atoms with van der Waals surface area (Å²) in [5.74, 6) is -4.86. The lowest BCUT2D eigenvalue weighted by Gasteiger charge is -2.30. The number of nitrogens with one attached hydrogen (secondary N) is 1. The Labute approximate surface area is 260 Å². The molecule has 0 heterocycles. The number of benzene rings is 3. The molecular weight excluding hydrogens is 610 g/mol. The molecule has 1 saturated carbocycles. The second kappa shape index (κ2) is 15.6. The van der Waals surface area contributed by atoms with Crippen molar-refractivity contribution in [2.75, 3.05) is 0 Å². The maximum Gasteiger partial charge on any atom is 0.307 e. The Hall–Kier alpha value is -3.78. The predicted octanol–water partition coefficient (Wildman–Crippen LogP) is 7.16. The molecule has 4 rings (SSSR count). The highest BCUT2D eigenvalue weighted by Crippen LogP contribution is 2.35. The smallest absolute Gasteiger partial charge is 0.307 e. The minimum absolute atomic E-state index is 0.00168. The lowest BCUT2D eigenvalue weighted by Crippen LogP contribution is -2.44. The van der Waals surface area contributed by atoms with Crippen LogP contribution in [0.5, 0.6) is 0 Å². The summed E-state index contributed by atoms with van der Waals surface area (Å²) in [4.78, 5) is 51.4. The van der Waals surface area contributed by atoms with Gasteiger partial charge in [-0.15, -0.1) is 0 Å². The molecule has 1 fully saturated rings. The summed E-state index contributed by atoms with van der Waals surface area (Å²) in [5, 5.41) is 22.2. The molecule has 0 spiro atoms. The lowest BCUT2D eigenvalue weighted by atomic mass is 9.78. The van der Waals surface area contributed by atoms with Crippen LogP contribution in [0.2, 0.25) is 0 Å². The number of Topliss-reactive ketones (excluding diaryl/α,β-unsaturated/α-hetero) is 1. The van der Waals surface area contributed by atoms with E-state index in [2.05, 4.69) is 45.5 Å². The van der Waals surface area contributed by atoms with Crippen molar-refractivity contribution < 1.29 is 29.4 Å². The number of hydrogen-bond acceptors (Lipinski definition) is 4. The Morgan fingerprint density at radius 2 is 1.28 bits per heavy atom. The summed E-state index contributed by atoms with van der Waals surface area (Å²) in [6.45, 7) is 0. The highest BCUT2D eigenvalue weighted by molar-refractivity contribution is 9.10. The fourth-order valence-electron chi connectivity index (χ4n) is 6.19. The van der Waals surface area contributed by atoms with E-state index in [-0.39, 0.29) is 24.5 Å². The zero-order chi connectivity index (χ0) is 30.8. The van der Waals surface area contributed by atoms with Crippen molar-refractivity contribution in [1.29, 1.82) is 0 Å². The number of ketones is 1. The molecule has 226 valence electrons. The molecule has 1 aliphatic rings. The molecule has 1 aliphatic carbocycles. The molecule has 7 nitrogen and oxygen atoms in total. The van der Waals surface area contributed by atoms with E-state index in [9.17, 15) is 29.4 Å². The molecule has 1 unspecified atom stereocenters. The number of carboxylic acids is 2. The van der Waals surface area contributed by atoms with Crippen molar-refractivity contribution >= 4 is 39.6 Å². The average Bonchev–Trinajstić information content (AvgIpc) is 3.02. The highest BCUT2D eigenvalue weighted by Gasteiger charge is 2.38. The average molecular weight is 649 g/mol. The van der Waals surface area contributed by atoms with Crippen molar-refractivity contribution in [3.05, 3.63) is 106 Å². The highest BCUT2D eigenvalue weighted by atomic mass is 79.9. The van der Waals surface area contributed by atoms with Gasteiger partial charge in [0.2, 0.25) is 5.91 Å². The second-order valence-corrected chi connectivity index (χ2v) is 12.2. The van der Waals surface area contributed by atoms with Crippen LogP contribution in [0, 0.1) is 17.8 Å². The van der Waals surface area contributed by atoms with Gasteiger partial charge in [0.25, 0.3) is 0 Å². The monoisotopic (exact) mass is 647 g/mol. The van der Waals surface area contributed by atoms with Crippen LogP contribution < -0.4 is 5.32 Å². The largest absolute Gasteiger partial charge is 0.481 e. The van der Waals surface area contributed by atoms with E-state index in [1.54, 1.807) is 24.3 Å². The molecule has 0 saturated heterocycles. The molecule has 0 radical (unpaired) electrons. The minimum Gasteiger partial charge on any atom is -0.481 e. The Morgan fingerprint density at radius 3 is 1.81 bits per heavy atom. The molecule has 3 aromatic rings. The van der Waals surface area contributed by atoms with Crippen LogP contribution in [-0.4, -0.2) is 33.8 Å². The van der Waals surface area contributed by atoms with E-state index >= 15 is 0 Å². The van der Waals surface area contributed by atoms with Gasteiger partial charge >= 0.3 is 11.9 Å². The number of halogens is 1. The summed E-state index contributed by atoms with van der Waals surface area (Å²) in [7, 11) is 0. The van der Waals surface area contributed by atoms with Gasteiger partial charge in [-0.25, -0.2) is 0 Å². The van der Waals surface area contributed by atoms with Gasteiger partial charge < -0.3 is 15.5 Å². The first-order valence-corrected chi connectivity index (χ1v) is 15.7. The Kier molecular flexibility index (Phi) is 11.7. The van der Waals surface area contributed by atoms with Gasteiger partial charge in [-0.3, -0.25) is 19.2 Å². The van der Waals surface area contributed by atoms with Crippen molar-refractivity contribution in [2.24, 2.45) is 17.8 Å². The van der Waals surface area contributed by atoms with Crippen LogP contribution in [0.4, 0.5) is 0 Å². The van der Waals surface area contributed by atoms with Crippen LogP contribution in [-0.2, 0) is 19.2 Å². The number of carbonyl (C=O) groups is 4. The summed E-state index contributed by atoms with van der Waals surface area (Å²) in [5.41, 5.74) is 2.79. The van der Waals surface area contributed by atoms with Gasteiger partial charge in [0, 0.05) is 22.7 Å². The topological polar surface area (TPSA) is 121 Å². The van der Waals surface area contributed by atoms with E-state index in [4.69, 9.17) is 0 Å². The second-order valence-electron chi connectivity index (χ2n) is 11.3. The summed E-state index contributed by atoms with van der Waals surface area (Å²) < 4.78 is 0.808. The first-order chi connectivity index (χ1) is 20.7. The molecular formula is C35H38BrNO6. The van der Waals surface area contributed by atoms with E-state index in [0.29, 0.717) is 31.2 Å². The van der Waals surface area contributed by atoms with Gasteiger partial charge in [0.15, 0.2) is 5.78 Å². The van der Waals surface area contributed by atoms with Crippen LogP contribution in [0.3, 0.4) is 0 Å². The minimum atomic E-state index is -1.03. The van der Waals surface area contributed by atoms with E-state index < -0.39 is 41.6 Å². The third-order valence-electron chi connectivity index (χ3n) is 8.51. The summed E-state index contributed by atoms with van der Waals surface area (Å²) in [6, 6.07) is 26.1. The first kappa shape index (κ1) is 32.1. The van der Waals surface area contributed by atoms with Crippen molar-refractivity contribution in [2.45, 2.75) is 63.3 Å². The number of hydrogen-bond donors (Lipinski definition) is 3. The molecule has 3 aromatic carbocycles. The van der Waals surface area contributed by atoms with E-state index in [1.807, 2.05) is 36.4 Å². The molecule has 1 amide bonds. The Morgan fingerprint density at radius 1 is 0.721 bits per heavy atom. The maximum atomic E-state index is 14.3. The van der Waals surface area contributed by atoms with E-state index in [1.165, 1.54) is 0 Å². The third kappa shape index (κ3) is 8.86. The quantitative estimate of drug-likeness (QED) is 0.171. The molecule has 8 heteroatoms. The number of aliphatic carboxylic acids is 2. The summed E-state index contributed by atoms with van der Waals surface area (Å²) in [6.07, 6.45) is 3.35. The van der Waals surface area contributed by atoms with Crippen LogP contribution in [0.25, 0.3) is 0 Å². The first-order valence-electron chi connectivity index (χ1n) is 14.9. The molecule has 3 N–H and O–H groups in total. The van der Waals surface area contributed by atoms with E-state index in [0.717, 1.165) is 28.4 Å². The van der Waals surface area contributed by atoms with Gasteiger partial charge in [0.1, 0.15) is 6.04 Å². The zero-order valence-electron chi connectivity index (χ0n) is 24.0. The van der Waals surface area contributed by atoms with Gasteiger partial charge in [-0.05, 0) is 60.9 Å². The van der Waals surface area contributed by atoms with Crippen molar-refractivity contribution in [1.82, 2.24) is 5.32 Å². The van der Waals surface area contributed by atoms with Crippen LogP contribution in [0.1, 0.15) is 80.0 Å². The fraction of sp³-hybridized carbons (Fsp3) is 0.371. The van der Waals surface area contributed by atoms with Gasteiger partial charge in [-0.2, -0.15) is 0 Å². The normalized spacial score (nSPS) is 18.0. The van der Waals surface area contributed by atoms with Crippen LogP contribution in [0.15, 0.2) is 89.4 Å². The zero-order valence-corrected chi connectivity index (χ0v) is 25.6. The van der Waals surface area contributed by atoms with Gasteiger partial charge in [0.05, 0.1) is 11.8 Å². The standard InChI is InChI=1S/C35H38BrNO6/c36-27-19-15-25(16-20-27)32(37-34(41)29-13-7-8-14-30(29)35(42)43)33(40)26(18-22-31(38)39)17-21-28(23-9-3-1-4-10-23)24-11-5-2-6-12-24/h1-6,9-12,15-16,19-20,26,28-30,32H,7-8,13-14,17-18,21-22H2,(H,37,41)(H,38,39)(H,42,43)/t26-,29+,30+,32?/m0/s1. The fourth-order valence-corrected chi connectivity index (χ4v) is 6.45.